The van der Waals surface area contributed by atoms with Gasteiger partial charge in [0.1, 0.15) is 6.04 Å². The molecule has 0 spiro atoms. The van der Waals surface area contributed by atoms with Crippen molar-refractivity contribution in [3.05, 3.63) is 101 Å². The Hall–Kier alpha value is -4.15. The van der Waals surface area contributed by atoms with Crippen LogP contribution in [-0.4, -0.2) is 74.5 Å². The van der Waals surface area contributed by atoms with Gasteiger partial charge in [0, 0.05) is 37.6 Å². The van der Waals surface area contributed by atoms with Crippen LogP contribution in [0.4, 0.5) is 0 Å². The first kappa shape index (κ1) is 44.2. The Labute approximate surface area is 327 Å². The molecule has 3 rings (SSSR count). The summed E-state index contributed by atoms with van der Waals surface area (Å²) < 4.78 is 2.02. The fourth-order valence-electron chi connectivity index (χ4n) is 6.40. The molecule has 0 radical (unpaired) electrons. The van der Waals surface area contributed by atoms with Crippen molar-refractivity contribution in [1.82, 2.24) is 25.1 Å². The average molecular weight is 758 g/mol. The molecule has 1 heterocycles. The van der Waals surface area contributed by atoms with E-state index in [4.69, 9.17) is 0 Å². The van der Waals surface area contributed by atoms with Crippen LogP contribution in [0.5, 0.6) is 0 Å². The van der Waals surface area contributed by atoms with Gasteiger partial charge in [-0.1, -0.05) is 97.7 Å². The second-order valence-electron chi connectivity index (χ2n) is 14.8. The van der Waals surface area contributed by atoms with Gasteiger partial charge in [0.05, 0.1) is 19.3 Å². The first-order valence-electron chi connectivity index (χ1n) is 19.3. The highest BCUT2D eigenvalue weighted by molar-refractivity contribution is 7.98. The number of carbonyl (C=O) groups excluding carboxylic acids is 2. The summed E-state index contributed by atoms with van der Waals surface area (Å²) in [6.07, 6.45) is 17.8. The number of carboxylic acid groups (broad SMARTS) is 1. The number of allylic oxidation sites excluding steroid dienone is 6. The van der Waals surface area contributed by atoms with Gasteiger partial charge in [-0.15, -0.1) is 0 Å². The predicted octanol–water partition coefficient (Wildman–Crippen LogP) is 8.35. The molecule has 0 aliphatic carbocycles. The summed E-state index contributed by atoms with van der Waals surface area (Å²) in [5.74, 6) is -0.741. The van der Waals surface area contributed by atoms with E-state index in [1.165, 1.54) is 16.7 Å². The van der Waals surface area contributed by atoms with Crippen molar-refractivity contribution in [3.63, 3.8) is 0 Å². The Morgan fingerprint density at radius 1 is 0.944 bits per heavy atom. The van der Waals surface area contributed by atoms with Crippen molar-refractivity contribution < 1.29 is 19.5 Å². The quantitative estimate of drug-likeness (QED) is 0.0787. The molecule has 0 saturated heterocycles. The summed E-state index contributed by atoms with van der Waals surface area (Å²) in [5.41, 5.74) is 5.99. The predicted molar refractivity (Wildman–Crippen MR) is 225 cm³/mol. The van der Waals surface area contributed by atoms with Gasteiger partial charge in [0.2, 0.25) is 11.8 Å². The zero-order valence-corrected chi connectivity index (χ0v) is 34.4. The summed E-state index contributed by atoms with van der Waals surface area (Å²) in [6.45, 7) is 14.4. The molecule has 54 heavy (non-hydrogen) atoms. The van der Waals surface area contributed by atoms with E-state index in [1.54, 1.807) is 24.3 Å². The number of hydrogen-bond acceptors (Lipinski definition) is 6. The molecule has 10 heteroatoms. The number of nitrogens with one attached hydrogen (secondary N) is 2. The number of carbonyl (C=O) groups is 3. The lowest BCUT2D eigenvalue weighted by atomic mass is 9.97. The van der Waals surface area contributed by atoms with E-state index >= 15 is 0 Å². The highest BCUT2D eigenvalue weighted by Crippen LogP contribution is 2.21. The molecule has 2 amide bonds. The third-order valence-corrected chi connectivity index (χ3v) is 10.6. The molecule has 3 N–H and O–H groups in total. The van der Waals surface area contributed by atoms with E-state index in [0.29, 0.717) is 31.8 Å². The van der Waals surface area contributed by atoms with E-state index in [1.807, 2.05) is 33.9 Å². The molecule has 0 fully saturated rings. The third-order valence-electron chi connectivity index (χ3n) is 9.92. The second kappa shape index (κ2) is 23.6. The van der Waals surface area contributed by atoms with Crippen LogP contribution in [-0.2, 0) is 33.9 Å². The maximum Gasteiger partial charge on any atom is 0.326 e. The Balaban J connectivity index is 1.71. The molecule has 1 aromatic heterocycles. The molecule has 0 bridgehead atoms. The fourth-order valence-corrected chi connectivity index (χ4v) is 6.87. The van der Waals surface area contributed by atoms with Gasteiger partial charge in [-0.25, -0.2) is 9.78 Å². The first-order chi connectivity index (χ1) is 25.9. The maximum atomic E-state index is 13.7. The van der Waals surface area contributed by atoms with Crippen molar-refractivity contribution in [2.75, 3.05) is 25.1 Å². The Bertz CT molecular complexity index is 1740. The van der Waals surface area contributed by atoms with E-state index in [9.17, 15) is 19.5 Å². The Morgan fingerprint density at radius 3 is 2.35 bits per heavy atom. The molecular formula is C44H63N5O4S. The van der Waals surface area contributed by atoms with Crippen molar-refractivity contribution >= 4 is 40.3 Å². The van der Waals surface area contributed by atoms with Crippen LogP contribution in [0.15, 0.2) is 89.9 Å². The zero-order valence-electron chi connectivity index (χ0n) is 33.6. The van der Waals surface area contributed by atoms with Gasteiger partial charge in [-0.05, 0) is 94.1 Å². The number of carboxylic acids is 1. The van der Waals surface area contributed by atoms with Crippen molar-refractivity contribution in [2.24, 2.45) is 5.92 Å². The minimum Gasteiger partial charge on any atom is -0.480 e. The first-order valence-corrected chi connectivity index (χ1v) is 20.7. The topological polar surface area (TPSA) is 117 Å². The van der Waals surface area contributed by atoms with E-state index in [2.05, 4.69) is 99.7 Å². The van der Waals surface area contributed by atoms with Crippen molar-refractivity contribution in [2.45, 2.75) is 112 Å². The van der Waals surface area contributed by atoms with Gasteiger partial charge in [-0.2, -0.15) is 11.8 Å². The molecule has 0 saturated carbocycles. The Morgan fingerprint density at radius 2 is 1.65 bits per heavy atom. The highest BCUT2D eigenvalue weighted by atomic mass is 32.2. The minimum absolute atomic E-state index is 0.00120. The largest absolute Gasteiger partial charge is 0.480 e. The molecule has 3 aromatic rings. The van der Waals surface area contributed by atoms with Gasteiger partial charge < -0.3 is 20.3 Å². The normalized spacial score (nSPS) is 13.8. The van der Waals surface area contributed by atoms with Crippen molar-refractivity contribution in [1.29, 1.82) is 0 Å². The number of rotatable bonds is 24. The maximum absolute atomic E-state index is 13.7. The number of amides is 2. The lowest BCUT2D eigenvalue weighted by Gasteiger charge is -2.31. The minimum atomic E-state index is -1.04. The SMILES string of the molecule is CC[C@H](C)[C@@H](CN(CC(=O)N[C@@H](CCSC)C(=O)O)Cc1cccc2ccccc12)NC(=O)Cc1cncn1C/C=C(\C)CC/C=C(\C)CCC=C(C)C. The molecule has 9 nitrogen and oxygen atoms in total. The van der Waals surface area contributed by atoms with E-state index in [0.717, 1.165) is 54.1 Å². The number of benzene rings is 2. The monoisotopic (exact) mass is 757 g/mol. The third kappa shape index (κ3) is 15.7. The number of thioether (sulfide) groups is 1. The van der Waals surface area contributed by atoms with Crippen LogP contribution in [0.2, 0.25) is 0 Å². The molecule has 2 aromatic carbocycles. The van der Waals surface area contributed by atoms with Crippen LogP contribution in [0.3, 0.4) is 0 Å². The van der Waals surface area contributed by atoms with E-state index < -0.39 is 12.0 Å². The van der Waals surface area contributed by atoms with Gasteiger partial charge in [0.15, 0.2) is 0 Å². The summed E-state index contributed by atoms with van der Waals surface area (Å²) in [5, 5.41) is 18.0. The molecular weight excluding hydrogens is 695 g/mol. The average Bonchev–Trinajstić information content (AvgIpc) is 3.58. The van der Waals surface area contributed by atoms with Crippen LogP contribution < -0.4 is 10.6 Å². The number of aliphatic carboxylic acids is 1. The lowest BCUT2D eigenvalue weighted by Crippen LogP contribution is -2.51. The Kier molecular flexibility index (Phi) is 19.3. The highest BCUT2D eigenvalue weighted by Gasteiger charge is 2.26. The van der Waals surface area contributed by atoms with Gasteiger partial charge in [-0.3, -0.25) is 14.5 Å². The number of fused-ring (bicyclic) bond motifs is 1. The number of hydrogen-bond donors (Lipinski definition) is 3. The van der Waals surface area contributed by atoms with E-state index in [-0.39, 0.29) is 36.7 Å². The molecule has 0 unspecified atom stereocenters. The molecule has 294 valence electrons. The molecule has 3 atom stereocenters. The van der Waals surface area contributed by atoms with Gasteiger partial charge in [0.25, 0.3) is 0 Å². The summed E-state index contributed by atoms with van der Waals surface area (Å²) in [4.78, 5) is 45.4. The standard InChI is InChI=1S/C44H63N5O4S/c1-8-35(6)41(47-42(50)26-38-27-45-31-49(38)24-22-34(5)17-12-16-33(4)15-11-14-32(2)3)29-48(30-43(51)46-40(44(52)53)23-25-54-7)28-37-20-13-19-36-18-9-10-21-39(36)37/h9-10,13-14,16,18-22,27,31,35,40-41H,8,11-12,15,17,23-26,28-30H2,1-7H3,(H,46,51)(H,47,50)(H,52,53)/b33-16+,34-22+/t35-,40-,41+/m0/s1. The van der Waals surface area contributed by atoms with Crippen LogP contribution in [0, 0.1) is 5.92 Å². The smallest absolute Gasteiger partial charge is 0.326 e. The van der Waals surface area contributed by atoms with Crippen molar-refractivity contribution in [3.8, 4) is 0 Å². The summed E-state index contributed by atoms with van der Waals surface area (Å²) in [6, 6.07) is 13.1. The molecule has 0 aliphatic rings. The summed E-state index contributed by atoms with van der Waals surface area (Å²) >= 11 is 1.55. The fraction of sp³-hybridized carbons (Fsp3) is 0.500. The summed E-state index contributed by atoms with van der Waals surface area (Å²) in [7, 11) is 0. The lowest BCUT2D eigenvalue weighted by molar-refractivity contribution is -0.142. The number of aromatic nitrogens is 2. The molecule has 0 aliphatic heterocycles. The zero-order chi connectivity index (χ0) is 39.5. The van der Waals surface area contributed by atoms with Crippen LogP contribution in [0.25, 0.3) is 10.8 Å². The number of imidazole rings is 1. The van der Waals surface area contributed by atoms with Crippen LogP contribution in [0.1, 0.15) is 91.3 Å². The van der Waals surface area contributed by atoms with Crippen LogP contribution >= 0.6 is 11.8 Å². The second-order valence-corrected chi connectivity index (χ2v) is 15.8. The van der Waals surface area contributed by atoms with Gasteiger partial charge >= 0.3 is 5.97 Å². The number of nitrogens with zero attached hydrogens (tertiary/aromatic N) is 3.